The van der Waals surface area contributed by atoms with E-state index >= 15 is 0 Å². The molecule has 1 unspecified atom stereocenters. The van der Waals surface area contributed by atoms with Gasteiger partial charge in [0, 0.05) is 18.9 Å². The lowest BCUT2D eigenvalue weighted by atomic mass is 9.70. The normalized spacial score (nSPS) is 29.8. The molecule has 0 radical (unpaired) electrons. The SMILES string of the molecule is CNC(C1CCC1)C1CCC(F)(F)CC1. The van der Waals surface area contributed by atoms with Crippen LogP contribution in [0.25, 0.3) is 0 Å². The van der Waals surface area contributed by atoms with Crippen LogP contribution in [0.4, 0.5) is 8.78 Å². The second kappa shape index (κ2) is 4.36. The lowest BCUT2D eigenvalue weighted by Gasteiger charge is -2.41. The molecule has 2 rings (SSSR count). The molecular formula is C12H21F2N. The molecule has 1 atom stereocenters. The Labute approximate surface area is 90.6 Å². The van der Waals surface area contributed by atoms with E-state index in [4.69, 9.17) is 0 Å². The highest BCUT2D eigenvalue weighted by atomic mass is 19.3. The van der Waals surface area contributed by atoms with E-state index in [9.17, 15) is 8.78 Å². The second-order valence-corrected chi connectivity index (χ2v) is 5.20. The molecule has 0 heterocycles. The van der Waals surface area contributed by atoms with Crippen LogP contribution >= 0.6 is 0 Å². The number of rotatable bonds is 3. The van der Waals surface area contributed by atoms with Gasteiger partial charge in [-0.15, -0.1) is 0 Å². The van der Waals surface area contributed by atoms with Gasteiger partial charge in [0.1, 0.15) is 0 Å². The largest absolute Gasteiger partial charge is 0.316 e. The van der Waals surface area contributed by atoms with Crippen LogP contribution in [0.1, 0.15) is 44.9 Å². The molecule has 0 aromatic carbocycles. The molecule has 0 aromatic heterocycles. The van der Waals surface area contributed by atoms with Crippen LogP contribution in [0, 0.1) is 11.8 Å². The topological polar surface area (TPSA) is 12.0 Å². The van der Waals surface area contributed by atoms with Crippen molar-refractivity contribution in [3.8, 4) is 0 Å². The molecule has 0 spiro atoms. The summed E-state index contributed by atoms with van der Waals surface area (Å²) >= 11 is 0. The van der Waals surface area contributed by atoms with Gasteiger partial charge in [0.2, 0.25) is 5.92 Å². The van der Waals surface area contributed by atoms with Crippen LogP contribution < -0.4 is 5.32 Å². The van der Waals surface area contributed by atoms with Crippen molar-refractivity contribution in [2.24, 2.45) is 11.8 Å². The summed E-state index contributed by atoms with van der Waals surface area (Å²) in [6.45, 7) is 0. The monoisotopic (exact) mass is 217 g/mol. The molecule has 0 aromatic rings. The summed E-state index contributed by atoms with van der Waals surface area (Å²) in [6.07, 6.45) is 5.51. The molecule has 15 heavy (non-hydrogen) atoms. The lowest BCUT2D eigenvalue weighted by molar-refractivity contribution is -0.0535. The van der Waals surface area contributed by atoms with E-state index in [2.05, 4.69) is 5.32 Å². The van der Waals surface area contributed by atoms with Gasteiger partial charge in [0.25, 0.3) is 0 Å². The maximum atomic E-state index is 13.0. The summed E-state index contributed by atoms with van der Waals surface area (Å²) in [5.74, 6) is -1.14. The first kappa shape index (κ1) is 11.3. The third-order valence-corrected chi connectivity index (χ3v) is 4.26. The average molecular weight is 217 g/mol. The van der Waals surface area contributed by atoms with Crippen LogP contribution in [0.5, 0.6) is 0 Å². The van der Waals surface area contributed by atoms with Crippen molar-refractivity contribution < 1.29 is 8.78 Å². The molecule has 88 valence electrons. The zero-order chi connectivity index (χ0) is 10.9. The van der Waals surface area contributed by atoms with Crippen molar-refractivity contribution in [3.63, 3.8) is 0 Å². The smallest absolute Gasteiger partial charge is 0.248 e. The number of halogens is 2. The van der Waals surface area contributed by atoms with Gasteiger partial charge in [0.15, 0.2) is 0 Å². The maximum absolute atomic E-state index is 13.0. The minimum absolute atomic E-state index is 0.0998. The van der Waals surface area contributed by atoms with Crippen molar-refractivity contribution >= 4 is 0 Å². The second-order valence-electron chi connectivity index (χ2n) is 5.20. The molecule has 3 heteroatoms. The van der Waals surface area contributed by atoms with Crippen LogP contribution in [-0.2, 0) is 0 Å². The first-order valence-corrected chi connectivity index (χ1v) is 6.17. The van der Waals surface area contributed by atoms with Gasteiger partial charge in [0.05, 0.1) is 0 Å². The lowest BCUT2D eigenvalue weighted by Crippen LogP contribution is -2.45. The van der Waals surface area contributed by atoms with Crippen molar-refractivity contribution in [1.29, 1.82) is 0 Å². The van der Waals surface area contributed by atoms with Gasteiger partial charge in [-0.05, 0) is 44.6 Å². The quantitative estimate of drug-likeness (QED) is 0.765. The van der Waals surface area contributed by atoms with E-state index in [0.29, 0.717) is 24.8 Å². The molecule has 0 amide bonds. The molecule has 2 fully saturated rings. The Morgan fingerprint density at radius 2 is 1.60 bits per heavy atom. The first-order chi connectivity index (χ1) is 7.12. The van der Waals surface area contributed by atoms with E-state index in [1.165, 1.54) is 19.3 Å². The third-order valence-electron chi connectivity index (χ3n) is 4.26. The summed E-state index contributed by atoms with van der Waals surface area (Å²) in [5, 5.41) is 3.36. The van der Waals surface area contributed by atoms with E-state index in [0.717, 1.165) is 5.92 Å². The molecule has 1 nitrogen and oxygen atoms in total. The molecule has 0 bridgehead atoms. The Kier molecular flexibility index (Phi) is 3.29. The summed E-state index contributed by atoms with van der Waals surface area (Å²) < 4.78 is 26.0. The van der Waals surface area contributed by atoms with Gasteiger partial charge in [-0.1, -0.05) is 6.42 Å². The van der Waals surface area contributed by atoms with Crippen LogP contribution in [-0.4, -0.2) is 19.0 Å². The van der Waals surface area contributed by atoms with Crippen molar-refractivity contribution in [3.05, 3.63) is 0 Å². The molecule has 2 aliphatic rings. The van der Waals surface area contributed by atoms with E-state index in [1.54, 1.807) is 0 Å². The van der Waals surface area contributed by atoms with Gasteiger partial charge >= 0.3 is 0 Å². The summed E-state index contributed by atoms with van der Waals surface area (Å²) in [7, 11) is 1.98. The fourth-order valence-electron chi connectivity index (χ4n) is 3.08. The van der Waals surface area contributed by atoms with Gasteiger partial charge < -0.3 is 5.32 Å². The Morgan fingerprint density at radius 3 is 2.00 bits per heavy atom. The van der Waals surface area contributed by atoms with Gasteiger partial charge in [-0.25, -0.2) is 8.78 Å². The van der Waals surface area contributed by atoms with Crippen LogP contribution in [0.2, 0.25) is 0 Å². The fraction of sp³-hybridized carbons (Fsp3) is 1.00. The minimum atomic E-state index is -2.38. The Morgan fingerprint density at radius 1 is 1.07 bits per heavy atom. The van der Waals surface area contributed by atoms with Gasteiger partial charge in [-0.2, -0.15) is 0 Å². The van der Waals surface area contributed by atoms with E-state index in [1.807, 2.05) is 7.05 Å². The molecule has 1 N–H and O–H groups in total. The number of hydrogen-bond acceptors (Lipinski definition) is 1. The van der Waals surface area contributed by atoms with E-state index in [-0.39, 0.29) is 12.8 Å². The van der Waals surface area contributed by atoms with Crippen molar-refractivity contribution in [2.45, 2.75) is 56.9 Å². The molecule has 0 saturated heterocycles. The van der Waals surface area contributed by atoms with E-state index < -0.39 is 5.92 Å². The Hall–Kier alpha value is -0.180. The van der Waals surface area contributed by atoms with Crippen molar-refractivity contribution in [1.82, 2.24) is 5.32 Å². The standard InChI is InChI=1S/C12H21F2N/c1-15-11(9-3-2-4-9)10-5-7-12(13,14)8-6-10/h9-11,15H,2-8H2,1H3. The summed E-state index contributed by atoms with van der Waals surface area (Å²) in [6, 6.07) is 0.495. The fourth-order valence-corrected chi connectivity index (χ4v) is 3.08. The molecule has 2 aliphatic carbocycles. The van der Waals surface area contributed by atoms with Crippen LogP contribution in [0.15, 0.2) is 0 Å². The van der Waals surface area contributed by atoms with Crippen LogP contribution in [0.3, 0.4) is 0 Å². The first-order valence-electron chi connectivity index (χ1n) is 6.17. The predicted octanol–water partition coefficient (Wildman–Crippen LogP) is 3.20. The highest BCUT2D eigenvalue weighted by molar-refractivity contribution is 4.90. The predicted molar refractivity (Wildman–Crippen MR) is 57.1 cm³/mol. The number of nitrogens with one attached hydrogen (secondary N) is 1. The maximum Gasteiger partial charge on any atom is 0.248 e. The molecule has 0 aliphatic heterocycles. The van der Waals surface area contributed by atoms with Gasteiger partial charge in [-0.3, -0.25) is 0 Å². The van der Waals surface area contributed by atoms with Crippen molar-refractivity contribution in [2.75, 3.05) is 7.05 Å². The summed E-state index contributed by atoms with van der Waals surface area (Å²) in [5.41, 5.74) is 0. The zero-order valence-corrected chi connectivity index (χ0v) is 9.44. The molecular weight excluding hydrogens is 196 g/mol. The minimum Gasteiger partial charge on any atom is -0.316 e. The zero-order valence-electron chi connectivity index (χ0n) is 9.44. The Bertz CT molecular complexity index is 204. The Balaban J connectivity index is 1.87. The highest BCUT2D eigenvalue weighted by Crippen LogP contribution is 2.42. The summed E-state index contributed by atoms with van der Waals surface area (Å²) in [4.78, 5) is 0. The molecule has 2 saturated carbocycles. The average Bonchev–Trinajstić information content (AvgIpc) is 2.12. The number of alkyl halides is 2. The number of hydrogen-bond donors (Lipinski definition) is 1. The highest BCUT2D eigenvalue weighted by Gasteiger charge is 2.40. The third kappa shape index (κ3) is 2.49.